The molecule has 0 radical (unpaired) electrons. The molecule has 0 bridgehead atoms. The van der Waals surface area contributed by atoms with Crippen LogP contribution >= 0.6 is 0 Å². The fourth-order valence-corrected chi connectivity index (χ4v) is 1.27. The van der Waals surface area contributed by atoms with Gasteiger partial charge in [0.25, 0.3) is 0 Å². The van der Waals surface area contributed by atoms with Crippen molar-refractivity contribution in [2.75, 3.05) is 13.2 Å². The molecule has 0 atom stereocenters. The Kier molecular flexibility index (Phi) is 3.17. The van der Waals surface area contributed by atoms with Gasteiger partial charge in [-0.3, -0.25) is 0 Å². The van der Waals surface area contributed by atoms with Gasteiger partial charge in [-0.05, 0) is 19.8 Å². The van der Waals surface area contributed by atoms with E-state index in [0.29, 0.717) is 5.92 Å². The molecule has 1 fully saturated rings. The number of rotatable bonds is 0. The van der Waals surface area contributed by atoms with E-state index >= 15 is 0 Å². The SMILES string of the molecule is CC(C)C#CC1(C)CCOCC1. The van der Waals surface area contributed by atoms with Crippen LogP contribution in [0.5, 0.6) is 0 Å². The summed E-state index contributed by atoms with van der Waals surface area (Å²) in [5.41, 5.74) is 0.225. The molecule has 0 unspecified atom stereocenters. The Morgan fingerprint density at radius 3 is 2.33 bits per heavy atom. The van der Waals surface area contributed by atoms with Crippen LogP contribution in [0.1, 0.15) is 33.6 Å². The summed E-state index contributed by atoms with van der Waals surface area (Å²) >= 11 is 0. The first-order valence-corrected chi connectivity index (χ1v) is 4.73. The van der Waals surface area contributed by atoms with Gasteiger partial charge in [0.05, 0.1) is 0 Å². The lowest BCUT2D eigenvalue weighted by Crippen LogP contribution is -2.24. The second-order valence-electron chi connectivity index (χ2n) is 4.10. The summed E-state index contributed by atoms with van der Waals surface area (Å²) in [6, 6.07) is 0. The average molecular weight is 166 g/mol. The van der Waals surface area contributed by atoms with Gasteiger partial charge in [-0.25, -0.2) is 0 Å². The van der Waals surface area contributed by atoms with Crippen LogP contribution in [0.3, 0.4) is 0 Å². The summed E-state index contributed by atoms with van der Waals surface area (Å²) in [6.07, 6.45) is 2.18. The average Bonchev–Trinajstić information content (AvgIpc) is 2.03. The molecule has 1 heteroatoms. The molecule has 12 heavy (non-hydrogen) atoms. The van der Waals surface area contributed by atoms with Crippen molar-refractivity contribution in [2.45, 2.75) is 33.6 Å². The third kappa shape index (κ3) is 2.87. The molecule has 0 aliphatic carbocycles. The Morgan fingerprint density at radius 1 is 1.25 bits per heavy atom. The van der Waals surface area contributed by atoms with Crippen LogP contribution < -0.4 is 0 Å². The van der Waals surface area contributed by atoms with Crippen molar-refractivity contribution in [3.05, 3.63) is 0 Å². The Bertz CT molecular complexity index is 189. The zero-order chi connectivity index (χ0) is 9.03. The maximum atomic E-state index is 5.30. The highest BCUT2D eigenvalue weighted by molar-refractivity contribution is 5.12. The molecular weight excluding hydrogens is 148 g/mol. The van der Waals surface area contributed by atoms with Gasteiger partial charge in [-0.15, -0.1) is 0 Å². The van der Waals surface area contributed by atoms with Crippen LogP contribution in [0.4, 0.5) is 0 Å². The molecule has 0 amide bonds. The molecule has 1 nitrogen and oxygen atoms in total. The summed E-state index contributed by atoms with van der Waals surface area (Å²) in [4.78, 5) is 0. The van der Waals surface area contributed by atoms with Crippen LogP contribution in [0, 0.1) is 23.2 Å². The number of hydrogen-bond acceptors (Lipinski definition) is 1. The summed E-state index contributed by atoms with van der Waals surface area (Å²) in [7, 11) is 0. The normalized spacial score (nSPS) is 21.7. The lowest BCUT2D eigenvalue weighted by molar-refractivity contribution is 0.0486. The monoisotopic (exact) mass is 166 g/mol. The van der Waals surface area contributed by atoms with Gasteiger partial charge in [-0.1, -0.05) is 25.7 Å². The molecule has 0 N–H and O–H groups in total. The first-order chi connectivity index (χ1) is 5.62. The Balaban J connectivity index is 2.53. The van der Waals surface area contributed by atoms with Crippen molar-refractivity contribution in [3.8, 4) is 11.8 Å². The minimum absolute atomic E-state index is 0.225. The molecule has 0 aromatic rings. The third-order valence-corrected chi connectivity index (χ3v) is 2.26. The van der Waals surface area contributed by atoms with Crippen molar-refractivity contribution < 1.29 is 4.74 Å². The van der Waals surface area contributed by atoms with Crippen LogP contribution in [-0.4, -0.2) is 13.2 Å². The van der Waals surface area contributed by atoms with E-state index < -0.39 is 0 Å². The Labute approximate surface area is 75.5 Å². The van der Waals surface area contributed by atoms with Gasteiger partial charge < -0.3 is 4.74 Å². The number of hydrogen-bond donors (Lipinski definition) is 0. The Hall–Kier alpha value is -0.480. The first-order valence-electron chi connectivity index (χ1n) is 4.73. The maximum Gasteiger partial charge on any atom is 0.0480 e. The zero-order valence-electron chi connectivity index (χ0n) is 8.31. The predicted octanol–water partition coefficient (Wildman–Crippen LogP) is 2.46. The molecule has 1 heterocycles. The lowest BCUT2D eigenvalue weighted by atomic mass is 9.83. The minimum atomic E-state index is 0.225. The summed E-state index contributed by atoms with van der Waals surface area (Å²) in [6.45, 7) is 8.27. The molecule has 1 rings (SSSR count). The van der Waals surface area contributed by atoms with E-state index in [0.717, 1.165) is 26.1 Å². The van der Waals surface area contributed by atoms with Crippen molar-refractivity contribution in [1.29, 1.82) is 0 Å². The van der Waals surface area contributed by atoms with E-state index in [1.54, 1.807) is 0 Å². The Morgan fingerprint density at radius 2 is 1.83 bits per heavy atom. The smallest absolute Gasteiger partial charge is 0.0480 e. The van der Waals surface area contributed by atoms with E-state index in [2.05, 4.69) is 32.6 Å². The predicted molar refractivity (Wildman–Crippen MR) is 50.8 cm³/mol. The lowest BCUT2D eigenvalue weighted by Gasteiger charge is -2.28. The minimum Gasteiger partial charge on any atom is -0.381 e. The van der Waals surface area contributed by atoms with Gasteiger partial charge in [0.15, 0.2) is 0 Å². The van der Waals surface area contributed by atoms with Crippen LogP contribution in [0.25, 0.3) is 0 Å². The molecular formula is C11H18O. The third-order valence-electron chi connectivity index (χ3n) is 2.26. The fourth-order valence-electron chi connectivity index (χ4n) is 1.27. The topological polar surface area (TPSA) is 9.23 Å². The number of ether oxygens (including phenoxy) is 1. The molecule has 1 aliphatic rings. The van der Waals surface area contributed by atoms with E-state index in [-0.39, 0.29) is 5.41 Å². The van der Waals surface area contributed by atoms with E-state index in [4.69, 9.17) is 4.74 Å². The van der Waals surface area contributed by atoms with Gasteiger partial charge in [0, 0.05) is 24.5 Å². The van der Waals surface area contributed by atoms with Gasteiger partial charge >= 0.3 is 0 Å². The molecule has 0 aromatic heterocycles. The maximum absolute atomic E-state index is 5.30. The highest BCUT2D eigenvalue weighted by Gasteiger charge is 2.24. The van der Waals surface area contributed by atoms with Crippen molar-refractivity contribution in [3.63, 3.8) is 0 Å². The van der Waals surface area contributed by atoms with Gasteiger partial charge in [0.1, 0.15) is 0 Å². The molecule has 1 aliphatic heterocycles. The first kappa shape index (κ1) is 9.61. The molecule has 68 valence electrons. The van der Waals surface area contributed by atoms with Gasteiger partial charge in [-0.2, -0.15) is 0 Å². The standard InChI is InChI=1S/C11H18O/c1-10(2)4-5-11(3)6-8-12-9-7-11/h10H,6-9H2,1-3H3. The molecule has 0 aromatic carbocycles. The summed E-state index contributed by atoms with van der Waals surface area (Å²) in [5.74, 6) is 7.11. The van der Waals surface area contributed by atoms with Crippen LogP contribution in [-0.2, 0) is 4.74 Å². The summed E-state index contributed by atoms with van der Waals surface area (Å²) in [5, 5.41) is 0. The van der Waals surface area contributed by atoms with E-state index in [1.807, 2.05) is 0 Å². The van der Waals surface area contributed by atoms with E-state index in [1.165, 1.54) is 0 Å². The second kappa shape index (κ2) is 3.96. The van der Waals surface area contributed by atoms with Crippen molar-refractivity contribution in [2.24, 2.45) is 11.3 Å². The van der Waals surface area contributed by atoms with Crippen molar-refractivity contribution >= 4 is 0 Å². The molecule has 0 saturated carbocycles. The highest BCUT2D eigenvalue weighted by atomic mass is 16.5. The zero-order valence-corrected chi connectivity index (χ0v) is 8.31. The van der Waals surface area contributed by atoms with Crippen LogP contribution in [0.15, 0.2) is 0 Å². The van der Waals surface area contributed by atoms with Crippen molar-refractivity contribution in [1.82, 2.24) is 0 Å². The van der Waals surface area contributed by atoms with E-state index in [9.17, 15) is 0 Å². The van der Waals surface area contributed by atoms with Gasteiger partial charge in [0.2, 0.25) is 0 Å². The summed E-state index contributed by atoms with van der Waals surface area (Å²) < 4.78 is 5.30. The molecule has 0 spiro atoms. The largest absolute Gasteiger partial charge is 0.381 e. The van der Waals surface area contributed by atoms with Crippen LogP contribution in [0.2, 0.25) is 0 Å². The fraction of sp³-hybridized carbons (Fsp3) is 0.818. The quantitative estimate of drug-likeness (QED) is 0.502. The molecule has 1 saturated heterocycles. The highest BCUT2D eigenvalue weighted by Crippen LogP contribution is 2.28. The second-order valence-corrected chi connectivity index (χ2v) is 4.10.